The first-order chi connectivity index (χ1) is 15.1. The molecule has 1 atom stereocenters. The summed E-state index contributed by atoms with van der Waals surface area (Å²) in [5.74, 6) is -0.360. The molecule has 2 amide bonds. The van der Waals surface area contributed by atoms with Gasteiger partial charge in [0.2, 0.25) is 21.8 Å². The summed E-state index contributed by atoms with van der Waals surface area (Å²) < 4.78 is 28.7. The summed E-state index contributed by atoms with van der Waals surface area (Å²) in [4.78, 5) is 26.3. The highest BCUT2D eigenvalue weighted by molar-refractivity contribution is 7.89. The predicted octanol–water partition coefficient (Wildman–Crippen LogP) is 3.26. The van der Waals surface area contributed by atoms with Crippen LogP contribution in [0.2, 0.25) is 5.02 Å². The molecule has 9 heteroatoms. The van der Waals surface area contributed by atoms with Gasteiger partial charge in [-0.05, 0) is 60.2 Å². The smallest absolute Gasteiger partial charge is 0.241 e. The summed E-state index contributed by atoms with van der Waals surface area (Å²) in [6.45, 7) is 6.15. The standard InChI is InChI=1S/C23H28ClN3O4S/c1-15(2)12-21(23(29)25-14-17-4-6-19(24)7-5-17)26-32(30,31)20-8-9-22-18(13-20)10-11-27(22)16(3)28/h4-9,13,15,21,26H,10-12,14H2,1-3H3,(H,25,29)/t21-/m0/s1. The molecule has 0 unspecified atom stereocenters. The van der Waals surface area contributed by atoms with Gasteiger partial charge in [-0.15, -0.1) is 0 Å². The number of halogens is 1. The lowest BCUT2D eigenvalue weighted by molar-refractivity contribution is -0.123. The van der Waals surface area contributed by atoms with Gasteiger partial charge in [0.15, 0.2) is 0 Å². The molecule has 1 aliphatic rings. The van der Waals surface area contributed by atoms with E-state index >= 15 is 0 Å². The third kappa shape index (κ3) is 5.88. The highest BCUT2D eigenvalue weighted by Crippen LogP contribution is 2.30. The molecule has 2 aromatic rings. The molecule has 1 heterocycles. The van der Waals surface area contributed by atoms with Crippen molar-refractivity contribution in [2.24, 2.45) is 5.92 Å². The van der Waals surface area contributed by atoms with Crippen molar-refractivity contribution >= 4 is 39.1 Å². The molecule has 0 bridgehead atoms. The van der Waals surface area contributed by atoms with Crippen LogP contribution in [0.3, 0.4) is 0 Å². The maximum Gasteiger partial charge on any atom is 0.241 e. The fraction of sp³-hybridized carbons (Fsp3) is 0.391. The number of nitrogens with zero attached hydrogens (tertiary/aromatic N) is 1. The van der Waals surface area contributed by atoms with E-state index in [4.69, 9.17) is 11.6 Å². The van der Waals surface area contributed by atoms with Gasteiger partial charge in [0, 0.05) is 30.7 Å². The van der Waals surface area contributed by atoms with Crippen molar-refractivity contribution in [2.75, 3.05) is 11.4 Å². The Morgan fingerprint density at radius 1 is 1.12 bits per heavy atom. The molecule has 0 aliphatic carbocycles. The molecule has 32 heavy (non-hydrogen) atoms. The maximum absolute atomic E-state index is 13.1. The number of fused-ring (bicyclic) bond motifs is 1. The Kier molecular flexibility index (Phi) is 7.59. The average molecular weight is 478 g/mol. The Balaban J connectivity index is 1.74. The fourth-order valence-corrected chi connectivity index (χ4v) is 5.11. The van der Waals surface area contributed by atoms with Crippen LogP contribution in [-0.4, -0.2) is 32.8 Å². The monoisotopic (exact) mass is 477 g/mol. The number of sulfonamides is 1. The van der Waals surface area contributed by atoms with E-state index in [1.807, 2.05) is 13.8 Å². The predicted molar refractivity (Wildman–Crippen MR) is 125 cm³/mol. The number of benzene rings is 2. The largest absolute Gasteiger partial charge is 0.351 e. The molecule has 0 spiro atoms. The van der Waals surface area contributed by atoms with Gasteiger partial charge in [0.25, 0.3) is 0 Å². The number of carbonyl (C=O) groups excluding carboxylic acids is 2. The number of nitrogens with one attached hydrogen (secondary N) is 2. The second-order valence-corrected chi connectivity index (χ2v) is 10.5. The molecule has 0 saturated carbocycles. The molecule has 1 aliphatic heterocycles. The number of carbonyl (C=O) groups is 2. The minimum atomic E-state index is -3.93. The molecule has 0 fully saturated rings. The Morgan fingerprint density at radius 2 is 1.81 bits per heavy atom. The summed E-state index contributed by atoms with van der Waals surface area (Å²) in [6, 6.07) is 10.9. The maximum atomic E-state index is 13.1. The molecular formula is C23H28ClN3O4S. The average Bonchev–Trinajstić information content (AvgIpc) is 3.16. The SMILES string of the molecule is CC(=O)N1CCc2cc(S(=O)(=O)N[C@@H](CC(C)C)C(=O)NCc3ccc(Cl)cc3)ccc21. The van der Waals surface area contributed by atoms with Crippen molar-refractivity contribution in [1.82, 2.24) is 10.0 Å². The second-order valence-electron chi connectivity index (χ2n) is 8.36. The Hall–Kier alpha value is -2.42. The van der Waals surface area contributed by atoms with Crippen LogP contribution in [0.4, 0.5) is 5.69 Å². The van der Waals surface area contributed by atoms with Gasteiger partial charge in [0.1, 0.15) is 6.04 Å². The van der Waals surface area contributed by atoms with Gasteiger partial charge in [-0.2, -0.15) is 4.72 Å². The molecule has 3 rings (SSSR count). The van der Waals surface area contributed by atoms with Gasteiger partial charge in [-0.1, -0.05) is 37.6 Å². The van der Waals surface area contributed by atoms with Crippen molar-refractivity contribution in [3.63, 3.8) is 0 Å². The molecule has 0 aromatic heterocycles. The van der Waals surface area contributed by atoms with Crippen LogP contribution in [0, 0.1) is 5.92 Å². The zero-order valence-corrected chi connectivity index (χ0v) is 20.0. The van der Waals surface area contributed by atoms with Crippen molar-refractivity contribution in [3.8, 4) is 0 Å². The number of anilines is 1. The zero-order chi connectivity index (χ0) is 23.5. The third-order valence-electron chi connectivity index (χ3n) is 5.34. The van der Waals surface area contributed by atoms with Crippen LogP contribution in [0.5, 0.6) is 0 Å². The van der Waals surface area contributed by atoms with Gasteiger partial charge in [-0.3, -0.25) is 9.59 Å². The van der Waals surface area contributed by atoms with Crippen LogP contribution in [0.15, 0.2) is 47.4 Å². The molecule has 0 radical (unpaired) electrons. The molecule has 2 N–H and O–H groups in total. The quantitative estimate of drug-likeness (QED) is 0.610. The molecular weight excluding hydrogens is 450 g/mol. The third-order valence-corrected chi connectivity index (χ3v) is 7.06. The van der Waals surface area contributed by atoms with E-state index in [1.165, 1.54) is 13.0 Å². The number of hydrogen-bond acceptors (Lipinski definition) is 4. The topological polar surface area (TPSA) is 95.6 Å². The Labute approximate surface area is 194 Å². The van der Waals surface area contributed by atoms with E-state index < -0.39 is 16.1 Å². The van der Waals surface area contributed by atoms with Gasteiger partial charge in [0.05, 0.1) is 4.90 Å². The van der Waals surface area contributed by atoms with Crippen LogP contribution in [-0.2, 0) is 32.6 Å². The van der Waals surface area contributed by atoms with E-state index in [9.17, 15) is 18.0 Å². The van der Waals surface area contributed by atoms with Gasteiger partial charge in [-0.25, -0.2) is 8.42 Å². The first-order valence-corrected chi connectivity index (χ1v) is 12.4. The van der Waals surface area contributed by atoms with Crippen LogP contribution in [0.25, 0.3) is 0 Å². The second kappa shape index (κ2) is 10.0. The molecule has 2 aromatic carbocycles. The fourth-order valence-electron chi connectivity index (χ4n) is 3.72. The van der Waals surface area contributed by atoms with Crippen molar-refractivity contribution < 1.29 is 18.0 Å². The summed E-state index contributed by atoms with van der Waals surface area (Å²) in [7, 11) is -3.93. The first kappa shape index (κ1) is 24.2. The van der Waals surface area contributed by atoms with Crippen LogP contribution >= 0.6 is 11.6 Å². The molecule has 0 saturated heterocycles. The molecule has 7 nitrogen and oxygen atoms in total. The van der Waals surface area contributed by atoms with E-state index in [1.54, 1.807) is 41.3 Å². The summed E-state index contributed by atoms with van der Waals surface area (Å²) in [6.07, 6.45) is 0.948. The van der Waals surface area contributed by atoms with Crippen LogP contribution in [0.1, 0.15) is 38.3 Å². The van der Waals surface area contributed by atoms with Crippen molar-refractivity contribution in [1.29, 1.82) is 0 Å². The molecule has 172 valence electrons. The normalized spacial score (nSPS) is 14.3. The summed E-state index contributed by atoms with van der Waals surface area (Å²) in [5.41, 5.74) is 2.40. The zero-order valence-electron chi connectivity index (χ0n) is 18.4. The van der Waals surface area contributed by atoms with E-state index in [-0.39, 0.29) is 29.2 Å². The summed E-state index contributed by atoms with van der Waals surface area (Å²) >= 11 is 5.89. The van der Waals surface area contributed by atoms with Crippen LogP contribution < -0.4 is 14.9 Å². The van der Waals surface area contributed by atoms with Gasteiger partial charge >= 0.3 is 0 Å². The Morgan fingerprint density at radius 3 is 2.44 bits per heavy atom. The van der Waals surface area contributed by atoms with Gasteiger partial charge < -0.3 is 10.2 Å². The summed E-state index contributed by atoms with van der Waals surface area (Å²) in [5, 5.41) is 3.41. The highest BCUT2D eigenvalue weighted by Gasteiger charge is 2.29. The lowest BCUT2D eigenvalue weighted by atomic mass is 10.0. The van der Waals surface area contributed by atoms with E-state index in [2.05, 4.69) is 10.0 Å². The van der Waals surface area contributed by atoms with Crippen molar-refractivity contribution in [2.45, 2.75) is 51.1 Å². The van der Waals surface area contributed by atoms with Crippen molar-refractivity contribution in [3.05, 3.63) is 58.6 Å². The lowest BCUT2D eigenvalue weighted by Crippen LogP contribution is -2.47. The highest BCUT2D eigenvalue weighted by atomic mass is 35.5. The minimum Gasteiger partial charge on any atom is -0.351 e. The van der Waals surface area contributed by atoms with E-state index in [0.29, 0.717) is 24.4 Å². The van der Waals surface area contributed by atoms with E-state index in [0.717, 1.165) is 16.8 Å². The number of hydrogen-bond donors (Lipinski definition) is 2. The number of amides is 2. The lowest BCUT2D eigenvalue weighted by Gasteiger charge is -2.21. The number of rotatable bonds is 8. The Bertz CT molecular complexity index is 1100. The first-order valence-electron chi connectivity index (χ1n) is 10.5. The minimum absolute atomic E-state index is 0.0770.